The van der Waals surface area contributed by atoms with E-state index in [9.17, 15) is 0 Å². The van der Waals surface area contributed by atoms with Crippen molar-refractivity contribution in [2.45, 2.75) is 0 Å². The first kappa shape index (κ1) is 113. The number of phosphoric acid groups is 8. The zero-order valence-electron chi connectivity index (χ0n) is 22.4. The molecule has 256 valence electrons. The van der Waals surface area contributed by atoms with Gasteiger partial charge in [-0.15, -0.1) is 0 Å². The Kier molecular flexibility index (Phi) is 134. The summed E-state index contributed by atoms with van der Waals surface area (Å²) in [7, 11) is -43.1. The van der Waals surface area contributed by atoms with Crippen LogP contribution in [0, 0.1) is 0 Å². The van der Waals surface area contributed by atoms with Crippen molar-refractivity contribution in [3.63, 3.8) is 0 Å². The van der Waals surface area contributed by atoms with Crippen LogP contribution >= 0.6 is 62.6 Å². The normalized spacial score (nSPS) is 9.63. The van der Waals surface area contributed by atoms with Crippen LogP contribution in [0.25, 0.3) is 0 Å². The third kappa shape index (κ3) is 1440. The monoisotopic (exact) mass is 1410 g/mol. The van der Waals surface area contributed by atoms with Crippen molar-refractivity contribution in [2.75, 3.05) is 0 Å². The van der Waals surface area contributed by atoms with Crippen LogP contribution in [0.15, 0.2) is 0 Å². The summed E-state index contributed by atoms with van der Waals surface area (Å²) in [4.78, 5) is 205. The van der Waals surface area contributed by atoms with E-state index in [4.69, 9.17) is 154 Å². The van der Waals surface area contributed by atoms with Gasteiger partial charge in [-0.1, -0.05) is 0 Å². The van der Waals surface area contributed by atoms with Crippen LogP contribution in [-0.2, 0) is 115 Å². The summed E-state index contributed by atoms with van der Waals surface area (Å²) in [6.07, 6.45) is 0. The minimum absolute atomic E-state index is 0. The summed E-state index contributed by atoms with van der Waals surface area (Å²) in [5, 5.41) is 0. The zero-order chi connectivity index (χ0) is 36.0. The molecule has 0 aliphatic carbocycles. The quantitative estimate of drug-likeness (QED) is 0.160. The van der Waals surface area contributed by atoms with Gasteiger partial charge in [-0.05, 0) is 0 Å². The Morgan fingerprint density at radius 2 is 0.184 bits per heavy atom. The maximum Gasteiger partial charge on any atom is 4.00 e. The summed E-state index contributed by atoms with van der Waals surface area (Å²) < 4.78 is 68.4. The molecule has 0 amide bonds. The Morgan fingerprint density at radius 3 is 0.184 bits per heavy atom. The summed E-state index contributed by atoms with van der Waals surface area (Å²) in [5.41, 5.74) is 0. The van der Waals surface area contributed by atoms with E-state index in [-0.39, 0.29) is 328 Å². The van der Waals surface area contributed by atoms with E-state index in [1.54, 1.807) is 0 Å². The molecule has 0 rings (SSSR count). The second-order valence-corrected chi connectivity index (χ2v) is 10.7. The predicted octanol–water partition coefficient (Wildman–Crippen LogP) is -24.9. The van der Waals surface area contributed by atoms with Crippen molar-refractivity contribution in [3.8, 4) is 0 Å². The Bertz CT molecular complexity index is 686. The molecular formula is Ca3O32P8Sr3Zr3. The fourth-order valence-electron chi connectivity index (χ4n) is 0. The van der Waals surface area contributed by atoms with E-state index in [0.29, 0.717) is 0 Å². The Hall–Kier alpha value is 11.8. The third-order valence-corrected chi connectivity index (χ3v) is 0. The minimum atomic E-state index is -5.39. The maximum atomic E-state index is 8.55. The van der Waals surface area contributed by atoms with Crippen molar-refractivity contribution in [3.05, 3.63) is 0 Å². The molecule has 49 heavy (non-hydrogen) atoms. The summed E-state index contributed by atoms with van der Waals surface area (Å²) in [6.45, 7) is 0. The van der Waals surface area contributed by atoms with Crippen molar-refractivity contribution in [1.29, 1.82) is 0 Å². The average Bonchev–Trinajstić information content (AvgIpc) is 2.16. The molecule has 0 saturated carbocycles. The van der Waals surface area contributed by atoms with Gasteiger partial charge in [0.25, 0.3) is 0 Å². The fourth-order valence-corrected chi connectivity index (χ4v) is 0. The van der Waals surface area contributed by atoms with Gasteiger partial charge < -0.3 is 154 Å². The molecule has 0 aromatic carbocycles. The second-order valence-electron chi connectivity index (χ2n) is 3.58. The molecule has 0 bridgehead atoms. The van der Waals surface area contributed by atoms with Gasteiger partial charge in [0.1, 0.15) is 0 Å². The van der Waals surface area contributed by atoms with E-state index in [1.807, 2.05) is 0 Å². The van der Waals surface area contributed by atoms with Crippen LogP contribution in [0.4, 0.5) is 0 Å². The Labute approximate surface area is 531 Å². The molecule has 0 fully saturated rings. The molecule has 0 radical (unpaired) electrons. The summed E-state index contributed by atoms with van der Waals surface area (Å²) in [5.74, 6) is 0. The van der Waals surface area contributed by atoms with Crippen LogP contribution in [0.5, 0.6) is 0 Å². The molecule has 0 aromatic heterocycles. The van der Waals surface area contributed by atoms with Gasteiger partial charge >= 0.3 is 328 Å². The molecule has 49 heteroatoms. The number of rotatable bonds is 0. The van der Waals surface area contributed by atoms with Crippen molar-refractivity contribution < 1.29 is 233 Å². The minimum Gasteiger partial charge on any atom is -0.822 e. The molecule has 0 aliphatic heterocycles. The van der Waals surface area contributed by atoms with E-state index >= 15 is 0 Å². The number of hydrogen-bond acceptors (Lipinski definition) is 32. The molecule has 0 N–H and O–H groups in total. The third-order valence-electron chi connectivity index (χ3n) is 0. The molecule has 0 aromatic rings. The van der Waals surface area contributed by atoms with Crippen molar-refractivity contribution >= 4 is 312 Å². The summed E-state index contributed by atoms with van der Waals surface area (Å²) in [6, 6.07) is 0. The Morgan fingerprint density at radius 1 is 0.184 bits per heavy atom. The first-order valence-electron chi connectivity index (χ1n) is 5.84. The van der Waals surface area contributed by atoms with Crippen LogP contribution < -0.4 is 117 Å². The van der Waals surface area contributed by atoms with Gasteiger partial charge in [0.15, 0.2) is 0 Å². The zero-order valence-corrected chi connectivity index (χ0v) is 54.0. The van der Waals surface area contributed by atoms with Crippen molar-refractivity contribution in [1.82, 2.24) is 0 Å². The van der Waals surface area contributed by atoms with E-state index in [1.165, 1.54) is 0 Å². The smallest absolute Gasteiger partial charge is 0.822 e. The largest absolute Gasteiger partial charge is 4.00 e. The van der Waals surface area contributed by atoms with E-state index in [0.717, 1.165) is 0 Å². The number of hydrogen-bond donors (Lipinski definition) is 0. The first-order chi connectivity index (χ1) is 16.0. The molecule has 0 unspecified atom stereocenters. The van der Waals surface area contributed by atoms with Gasteiger partial charge in [-0.2, -0.15) is 62.6 Å². The van der Waals surface area contributed by atoms with Gasteiger partial charge in [0.05, 0.1) is 0 Å². The Balaban J connectivity index is -0.0000000155. The van der Waals surface area contributed by atoms with Crippen LogP contribution in [0.3, 0.4) is 0 Å². The second kappa shape index (κ2) is 57.8. The maximum absolute atomic E-state index is 8.55. The average molecular weight is 1420 g/mol. The standard InChI is InChI=1S/3Ca.8H3O4P.3Sr.3Zr/c;;;8*1-5(2,3)4;;;;;;/h;;;8*(H3,1,2,3,4);;;;;;/q3*+2;;;;;;;;;3*+2;3*+4/p-24. The predicted molar refractivity (Wildman–Crippen MR) is 95.4 cm³/mol. The van der Waals surface area contributed by atoms with Gasteiger partial charge in [-0.25, -0.2) is 0 Å². The fraction of sp³-hybridized carbons (Fsp3) is 0. The molecule has 0 heterocycles. The van der Waals surface area contributed by atoms with Gasteiger partial charge in [0.2, 0.25) is 0 Å². The van der Waals surface area contributed by atoms with Crippen LogP contribution in [0.1, 0.15) is 0 Å². The van der Waals surface area contributed by atoms with E-state index < -0.39 is 62.6 Å². The molecular weight excluding hydrogens is 1420 g/mol. The molecule has 0 saturated heterocycles. The molecule has 32 nitrogen and oxygen atoms in total. The van der Waals surface area contributed by atoms with Gasteiger partial charge in [-0.3, -0.25) is 0 Å². The molecule has 0 aliphatic rings. The first-order valence-corrected chi connectivity index (χ1v) is 17.5. The van der Waals surface area contributed by atoms with Gasteiger partial charge in [0, 0.05) is 0 Å². The van der Waals surface area contributed by atoms with E-state index in [2.05, 4.69) is 0 Å². The SMILES string of the molecule is O=P([O-])([O-])[O-].O=P([O-])([O-])[O-].O=P([O-])([O-])[O-].O=P([O-])([O-])[O-].O=P([O-])([O-])[O-].O=P([O-])([O-])[O-].O=P([O-])([O-])[O-].O=P([O-])([O-])[O-].[Ca+2].[Ca+2].[Ca+2].[Sr+2].[Sr+2].[Sr+2].[Zr+4].[Zr+4].[Zr+4]. The van der Waals surface area contributed by atoms with Crippen molar-refractivity contribution in [2.24, 2.45) is 0 Å². The van der Waals surface area contributed by atoms with Crippen LogP contribution in [-0.4, -0.2) is 250 Å². The topological polar surface area (TPSA) is 690 Å². The van der Waals surface area contributed by atoms with Crippen LogP contribution in [0.2, 0.25) is 0 Å². The molecule has 0 spiro atoms. The summed E-state index contributed by atoms with van der Waals surface area (Å²) >= 11 is 0. The molecule has 0 atom stereocenters.